The van der Waals surface area contributed by atoms with Crippen LogP contribution in [0.2, 0.25) is 0 Å². The van der Waals surface area contributed by atoms with Crippen LogP contribution >= 0.6 is 24.0 Å². The molecule has 3 heterocycles. The summed E-state index contributed by atoms with van der Waals surface area (Å²) >= 11 is 0. The van der Waals surface area contributed by atoms with E-state index in [0.717, 1.165) is 42.3 Å². The second-order valence-corrected chi connectivity index (χ2v) is 6.58. The molecule has 0 aliphatic carbocycles. The molecule has 1 aliphatic heterocycles. The molecule has 0 saturated carbocycles. The zero-order chi connectivity index (χ0) is 18.6. The minimum Gasteiger partial charge on any atom is -0.444 e. The summed E-state index contributed by atoms with van der Waals surface area (Å²) in [6, 6.07) is 8.11. The molecule has 28 heavy (non-hydrogen) atoms. The van der Waals surface area contributed by atoms with Gasteiger partial charge in [-0.2, -0.15) is 0 Å². The van der Waals surface area contributed by atoms with Gasteiger partial charge in [-0.15, -0.1) is 34.2 Å². The maximum Gasteiger partial charge on any atom is 0.226 e. The summed E-state index contributed by atoms with van der Waals surface area (Å²) in [7, 11) is 1.74. The largest absolute Gasteiger partial charge is 0.444 e. The van der Waals surface area contributed by atoms with Crippen molar-refractivity contribution in [3.05, 3.63) is 53.4 Å². The lowest BCUT2D eigenvalue weighted by Crippen LogP contribution is -2.37. The molecule has 3 aromatic rings. The van der Waals surface area contributed by atoms with Gasteiger partial charge in [0.15, 0.2) is 11.8 Å². The van der Waals surface area contributed by atoms with Gasteiger partial charge < -0.3 is 19.6 Å². The van der Waals surface area contributed by atoms with Crippen LogP contribution in [0.1, 0.15) is 29.3 Å². The average molecular weight is 493 g/mol. The molecule has 2 N–H and O–H groups in total. The monoisotopic (exact) mass is 493 g/mol. The number of guanidine groups is 1. The van der Waals surface area contributed by atoms with Crippen molar-refractivity contribution >= 4 is 29.9 Å². The lowest BCUT2D eigenvalue weighted by Gasteiger charge is -2.10. The van der Waals surface area contributed by atoms with Gasteiger partial charge in [0.05, 0.1) is 18.8 Å². The van der Waals surface area contributed by atoms with E-state index in [1.165, 1.54) is 5.56 Å². The molecule has 0 spiro atoms. The molecule has 0 bridgehead atoms. The van der Waals surface area contributed by atoms with Gasteiger partial charge in [0.1, 0.15) is 12.1 Å². The maximum absolute atomic E-state index is 5.59. The molecule has 0 atom stereocenters. The van der Waals surface area contributed by atoms with Crippen molar-refractivity contribution < 1.29 is 4.42 Å². The number of benzene rings is 1. The van der Waals surface area contributed by atoms with Gasteiger partial charge in [0.25, 0.3) is 0 Å². The molecule has 148 valence electrons. The lowest BCUT2D eigenvalue weighted by atomic mass is 10.1. The summed E-state index contributed by atoms with van der Waals surface area (Å²) in [5.74, 6) is 3.31. The van der Waals surface area contributed by atoms with E-state index in [0.29, 0.717) is 24.9 Å². The normalized spacial score (nSPS) is 13.1. The van der Waals surface area contributed by atoms with Crippen molar-refractivity contribution in [3.63, 3.8) is 0 Å². The molecule has 0 radical (unpaired) electrons. The predicted octanol–water partition coefficient (Wildman–Crippen LogP) is 2.67. The van der Waals surface area contributed by atoms with E-state index in [9.17, 15) is 0 Å². The van der Waals surface area contributed by atoms with Gasteiger partial charge in [-0.05, 0) is 25.5 Å². The molecule has 1 aliphatic rings. The highest BCUT2D eigenvalue weighted by Crippen LogP contribution is 2.19. The number of aryl methyl sites for hydroxylation is 2. The molecule has 2 aromatic heterocycles. The quantitative estimate of drug-likeness (QED) is 0.323. The number of halogens is 1. The first-order chi connectivity index (χ1) is 13.2. The fourth-order valence-corrected chi connectivity index (χ4v) is 3.12. The Bertz CT molecular complexity index is 946. The standard InChI is InChI=1S/C19H23N7O.HI/c1-13-5-7-14(8-6-13)18-23-15(12-27-18)10-21-19(20-2)22-11-17-25-24-16-4-3-9-26(16)17;/h5-8,12H,3-4,9-11H2,1-2H3,(H2,20,21,22);1H. The predicted molar refractivity (Wildman–Crippen MR) is 117 cm³/mol. The number of rotatable bonds is 5. The Morgan fingerprint density at radius 1 is 1.18 bits per heavy atom. The number of hydrogen-bond acceptors (Lipinski definition) is 5. The zero-order valence-corrected chi connectivity index (χ0v) is 18.3. The van der Waals surface area contributed by atoms with E-state index in [2.05, 4.69) is 42.3 Å². The Morgan fingerprint density at radius 3 is 2.75 bits per heavy atom. The zero-order valence-electron chi connectivity index (χ0n) is 16.0. The van der Waals surface area contributed by atoms with E-state index in [4.69, 9.17) is 4.42 Å². The van der Waals surface area contributed by atoms with Crippen molar-refractivity contribution in [1.82, 2.24) is 30.4 Å². The summed E-state index contributed by atoms with van der Waals surface area (Å²) < 4.78 is 7.77. The maximum atomic E-state index is 5.59. The second kappa shape index (κ2) is 9.18. The molecular formula is C19H24IN7O. The Balaban J connectivity index is 0.00000225. The van der Waals surface area contributed by atoms with Crippen molar-refractivity contribution in [1.29, 1.82) is 0 Å². The smallest absolute Gasteiger partial charge is 0.226 e. The molecule has 9 heteroatoms. The Hall–Kier alpha value is -2.43. The van der Waals surface area contributed by atoms with Crippen LogP contribution < -0.4 is 10.6 Å². The number of oxazole rings is 1. The highest BCUT2D eigenvalue weighted by Gasteiger charge is 2.17. The molecule has 0 unspecified atom stereocenters. The van der Waals surface area contributed by atoms with E-state index < -0.39 is 0 Å². The van der Waals surface area contributed by atoms with Crippen molar-refractivity contribution in [2.24, 2.45) is 4.99 Å². The average Bonchev–Trinajstić information content (AvgIpc) is 3.40. The van der Waals surface area contributed by atoms with Crippen LogP contribution in [-0.4, -0.2) is 32.8 Å². The number of aromatic nitrogens is 4. The SMILES string of the molecule is CN=C(NCc1coc(-c2ccc(C)cc2)n1)NCc1nnc2n1CCC2.I. The minimum absolute atomic E-state index is 0. The van der Waals surface area contributed by atoms with Gasteiger partial charge in [0, 0.05) is 25.6 Å². The van der Waals surface area contributed by atoms with Crippen molar-refractivity contribution in [2.45, 2.75) is 39.4 Å². The van der Waals surface area contributed by atoms with E-state index >= 15 is 0 Å². The van der Waals surface area contributed by atoms with Crippen molar-refractivity contribution in [2.75, 3.05) is 7.05 Å². The molecule has 0 fully saturated rings. The van der Waals surface area contributed by atoms with Crippen LogP contribution in [0.3, 0.4) is 0 Å². The third-order valence-corrected chi connectivity index (χ3v) is 4.61. The summed E-state index contributed by atoms with van der Waals surface area (Å²) in [6.07, 6.45) is 3.82. The topological polar surface area (TPSA) is 93.2 Å². The third-order valence-electron chi connectivity index (χ3n) is 4.61. The van der Waals surface area contributed by atoms with Gasteiger partial charge >= 0.3 is 0 Å². The minimum atomic E-state index is 0. The summed E-state index contributed by atoms with van der Waals surface area (Å²) in [4.78, 5) is 8.78. The number of aliphatic imine (C=N–C) groups is 1. The molecule has 4 rings (SSSR count). The van der Waals surface area contributed by atoms with Gasteiger partial charge in [0.2, 0.25) is 5.89 Å². The van der Waals surface area contributed by atoms with Crippen LogP contribution in [0, 0.1) is 6.92 Å². The first-order valence-electron chi connectivity index (χ1n) is 9.10. The summed E-state index contributed by atoms with van der Waals surface area (Å²) in [5, 5.41) is 15.0. The van der Waals surface area contributed by atoms with Gasteiger partial charge in [-0.1, -0.05) is 17.7 Å². The van der Waals surface area contributed by atoms with Gasteiger partial charge in [-0.25, -0.2) is 4.98 Å². The van der Waals surface area contributed by atoms with Crippen LogP contribution in [-0.2, 0) is 26.1 Å². The van der Waals surface area contributed by atoms with Crippen LogP contribution in [0.5, 0.6) is 0 Å². The summed E-state index contributed by atoms with van der Waals surface area (Å²) in [6.45, 7) is 4.15. The van der Waals surface area contributed by atoms with Crippen LogP contribution in [0.4, 0.5) is 0 Å². The number of nitrogens with one attached hydrogen (secondary N) is 2. The van der Waals surface area contributed by atoms with E-state index in [1.54, 1.807) is 13.3 Å². The highest BCUT2D eigenvalue weighted by atomic mass is 127. The summed E-state index contributed by atoms with van der Waals surface area (Å²) in [5.41, 5.74) is 2.99. The highest BCUT2D eigenvalue weighted by molar-refractivity contribution is 14.0. The Kier molecular flexibility index (Phi) is 6.65. The number of nitrogens with zero attached hydrogens (tertiary/aromatic N) is 5. The third kappa shape index (κ3) is 4.51. The first-order valence-corrected chi connectivity index (χ1v) is 9.10. The van der Waals surface area contributed by atoms with E-state index in [-0.39, 0.29) is 24.0 Å². The fourth-order valence-electron chi connectivity index (χ4n) is 3.12. The van der Waals surface area contributed by atoms with E-state index in [1.807, 2.05) is 24.3 Å². The number of fused-ring (bicyclic) bond motifs is 1. The van der Waals surface area contributed by atoms with Crippen molar-refractivity contribution in [3.8, 4) is 11.5 Å². The molecular weight excluding hydrogens is 469 g/mol. The molecule has 8 nitrogen and oxygen atoms in total. The Labute approximate surface area is 180 Å². The molecule has 0 amide bonds. The van der Waals surface area contributed by atoms with Crippen LogP contribution in [0.15, 0.2) is 39.9 Å². The number of hydrogen-bond donors (Lipinski definition) is 2. The second-order valence-electron chi connectivity index (χ2n) is 6.58. The lowest BCUT2D eigenvalue weighted by molar-refractivity contribution is 0.572. The Morgan fingerprint density at radius 2 is 1.96 bits per heavy atom. The molecule has 0 saturated heterocycles. The molecule has 1 aromatic carbocycles. The van der Waals surface area contributed by atoms with Crippen LogP contribution in [0.25, 0.3) is 11.5 Å². The van der Waals surface area contributed by atoms with Gasteiger partial charge in [-0.3, -0.25) is 4.99 Å². The fraction of sp³-hybridized carbons (Fsp3) is 0.368. The first kappa shape index (κ1) is 20.3.